The van der Waals surface area contributed by atoms with E-state index in [2.05, 4.69) is 20.6 Å². The number of carbonyl (C=O) groups is 1. The third kappa shape index (κ3) is 3.14. The highest BCUT2D eigenvalue weighted by Gasteiger charge is 2.33. The van der Waals surface area contributed by atoms with Crippen LogP contribution in [0.5, 0.6) is 0 Å². The zero-order valence-electron chi connectivity index (χ0n) is 14.0. The topological polar surface area (TPSA) is 89.1 Å². The van der Waals surface area contributed by atoms with Gasteiger partial charge in [-0.15, -0.1) is 11.3 Å². The van der Waals surface area contributed by atoms with E-state index in [-0.39, 0.29) is 18.6 Å². The Bertz CT molecular complexity index is 878. The van der Waals surface area contributed by atoms with Gasteiger partial charge in [-0.2, -0.15) is 10.1 Å². The summed E-state index contributed by atoms with van der Waals surface area (Å²) in [7, 11) is 0. The van der Waals surface area contributed by atoms with Crippen LogP contribution in [-0.4, -0.2) is 43.9 Å². The molecule has 0 saturated carbocycles. The second kappa shape index (κ2) is 6.32. The second-order valence-electron chi connectivity index (χ2n) is 6.08. The van der Waals surface area contributed by atoms with Crippen molar-refractivity contribution in [3.8, 4) is 10.8 Å². The van der Waals surface area contributed by atoms with Crippen LogP contribution >= 0.6 is 11.3 Å². The van der Waals surface area contributed by atoms with Gasteiger partial charge in [-0.25, -0.2) is 4.79 Å². The predicted molar refractivity (Wildman–Crippen MR) is 92.2 cm³/mol. The lowest BCUT2D eigenvalue weighted by molar-refractivity contribution is 0.116. The van der Waals surface area contributed by atoms with Crippen molar-refractivity contribution in [2.75, 3.05) is 13.1 Å². The molecule has 25 heavy (non-hydrogen) atoms. The van der Waals surface area contributed by atoms with Gasteiger partial charge in [0.2, 0.25) is 0 Å². The van der Waals surface area contributed by atoms with Crippen LogP contribution in [0.1, 0.15) is 23.3 Å². The average molecular weight is 358 g/mol. The molecule has 3 aromatic rings. The summed E-state index contributed by atoms with van der Waals surface area (Å²) in [4.78, 5) is 19.2. The minimum absolute atomic E-state index is 0.125. The second-order valence-corrected chi connectivity index (χ2v) is 7.03. The molecule has 1 N–H and O–H groups in total. The number of nitrogens with zero attached hydrogens (tertiary/aromatic N) is 5. The van der Waals surface area contributed by atoms with E-state index in [1.54, 1.807) is 4.90 Å². The van der Waals surface area contributed by atoms with Gasteiger partial charge in [0.15, 0.2) is 5.82 Å². The third-order valence-electron chi connectivity index (χ3n) is 4.14. The predicted octanol–water partition coefficient (Wildman–Crippen LogP) is 2.38. The molecular formula is C16H18N6O2S. The fourth-order valence-electron chi connectivity index (χ4n) is 2.88. The molecule has 0 aromatic carbocycles. The number of rotatable bonds is 4. The summed E-state index contributed by atoms with van der Waals surface area (Å²) in [5, 5.41) is 13.1. The normalized spacial score (nSPS) is 14.6. The van der Waals surface area contributed by atoms with Gasteiger partial charge in [0, 0.05) is 18.8 Å². The number of aryl methyl sites for hydroxylation is 2. The molecule has 130 valence electrons. The fraction of sp³-hybridized carbons (Fsp3) is 0.375. The molecule has 0 spiro atoms. The SMILES string of the molecule is Cc1cc(C)n(C2CN(C(=O)NCc3noc(-c4cccs4)n3)C2)n1. The van der Waals surface area contributed by atoms with Crippen LogP contribution in [0.2, 0.25) is 0 Å². The number of nitrogens with one attached hydrogen (secondary N) is 1. The first-order chi connectivity index (χ1) is 12.1. The van der Waals surface area contributed by atoms with Gasteiger partial charge in [0.25, 0.3) is 5.89 Å². The van der Waals surface area contributed by atoms with Gasteiger partial charge in [-0.3, -0.25) is 4.68 Å². The lowest BCUT2D eigenvalue weighted by Crippen LogP contribution is -2.54. The third-order valence-corrected chi connectivity index (χ3v) is 5.00. The Hall–Kier alpha value is -2.68. The van der Waals surface area contributed by atoms with Crippen LogP contribution in [0, 0.1) is 13.8 Å². The smallest absolute Gasteiger partial charge is 0.317 e. The molecule has 1 aliphatic rings. The zero-order chi connectivity index (χ0) is 17.4. The molecule has 4 heterocycles. The van der Waals surface area contributed by atoms with Crippen molar-refractivity contribution in [1.29, 1.82) is 0 Å². The molecule has 9 heteroatoms. The van der Waals surface area contributed by atoms with Gasteiger partial charge in [-0.05, 0) is 31.4 Å². The highest BCUT2D eigenvalue weighted by atomic mass is 32.1. The number of amides is 2. The largest absolute Gasteiger partial charge is 0.333 e. The van der Waals surface area contributed by atoms with Crippen LogP contribution in [0.4, 0.5) is 4.79 Å². The highest BCUT2D eigenvalue weighted by Crippen LogP contribution is 2.23. The molecule has 0 unspecified atom stereocenters. The van der Waals surface area contributed by atoms with Crippen LogP contribution in [0.25, 0.3) is 10.8 Å². The summed E-state index contributed by atoms with van der Waals surface area (Å²) in [6.07, 6.45) is 0. The van der Waals surface area contributed by atoms with Gasteiger partial charge in [0.1, 0.15) is 0 Å². The molecule has 0 radical (unpaired) electrons. The molecule has 2 amide bonds. The lowest BCUT2D eigenvalue weighted by Gasteiger charge is -2.39. The fourth-order valence-corrected chi connectivity index (χ4v) is 3.53. The summed E-state index contributed by atoms with van der Waals surface area (Å²) in [5.74, 6) is 0.945. The maximum Gasteiger partial charge on any atom is 0.317 e. The summed E-state index contributed by atoms with van der Waals surface area (Å²) in [6, 6.07) is 6.01. The molecule has 4 rings (SSSR count). The van der Waals surface area contributed by atoms with Crippen LogP contribution in [-0.2, 0) is 6.54 Å². The lowest BCUT2D eigenvalue weighted by atomic mass is 10.1. The van der Waals surface area contributed by atoms with Gasteiger partial charge in [0.05, 0.1) is 23.2 Å². The van der Waals surface area contributed by atoms with Crippen LogP contribution in [0.15, 0.2) is 28.1 Å². The number of hydrogen-bond donors (Lipinski definition) is 1. The molecule has 0 atom stereocenters. The highest BCUT2D eigenvalue weighted by molar-refractivity contribution is 7.13. The Kier molecular flexibility index (Phi) is 4.00. The first-order valence-corrected chi connectivity index (χ1v) is 8.90. The number of carbonyl (C=O) groups excluding carboxylic acids is 1. The molecule has 1 aliphatic heterocycles. The maximum atomic E-state index is 12.2. The van der Waals surface area contributed by atoms with E-state index in [4.69, 9.17) is 4.52 Å². The minimum atomic E-state index is -0.125. The van der Waals surface area contributed by atoms with Crippen LogP contribution < -0.4 is 5.32 Å². The molecule has 0 bridgehead atoms. The maximum absolute atomic E-state index is 12.2. The standard InChI is InChI=1S/C16H18N6O2S/c1-10-6-11(2)22(19-10)12-8-21(9-12)16(23)17-7-14-18-15(24-20-14)13-4-3-5-25-13/h3-6,12H,7-9H2,1-2H3,(H,17,23). The van der Waals surface area contributed by atoms with E-state index in [1.165, 1.54) is 11.3 Å². The van der Waals surface area contributed by atoms with Crippen molar-refractivity contribution in [1.82, 2.24) is 30.1 Å². The van der Waals surface area contributed by atoms with Gasteiger partial charge in [-0.1, -0.05) is 11.2 Å². The van der Waals surface area contributed by atoms with Crippen molar-refractivity contribution in [2.24, 2.45) is 0 Å². The summed E-state index contributed by atoms with van der Waals surface area (Å²) < 4.78 is 7.20. The van der Waals surface area contributed by atoms with Crippen molar-refractivity contribution < 1.29 is 9.32 Å². The number of hydrogen-bond acceptors (Lipinski definition) is 6. The van der Waals surface area contributed by atoms with Crippen molar-refractivity contribution >= 4 is 17.4 Å². The zero-order valence-corrected chi connectivity index (χ0v) is 14.8. The molecule has 0 aliphatic carbocycles. The summed E-state index contributed by atoms with van der Waals surface area (Å²) >= 11 is 1.53. The minimum Gasteiger partial charge on any atom is -0.333 e. The monoisotopic (exact) mass is 358 g/mol. The number of thiophene rings is 1. The molecule has 1 saturated heterocycles. The Morgan fingerprint density at radius 2 is 2.28 bits per heavy atom. The van der Waals surface area contributed by atoms with Crippen molar-refractivity contribution in [3.05, 3.63) is 40.8 Å². The van der Waals surface area contributed by atoms with E-state index < -0.39 is 0 Å². The van der Waals surface area contributed by atoms with E-state index in [0.717, 1.165) is 16.3 Å². The summed E-state index contributed by atoms with van der Waals surface area (Å²) in [6.45, 7) is 5.56. The first-order valence-electron chi connectivity index (χ1n) is 8.02. The van der Waals surface area contributed by atoms with Crippen molar-refractivity contribution in [2.45, 2.75) is 26.4 Å². The molecule has 3 aromatic heterocycles. The van der Waals surface area contributed by atoms with E-state index in [9.17, 15) is 4.79 Å². The van der Waals surface area contributed by atoms with E-state index in [1.807, 2.05) is 42.1 Å². The number of likely N-dealkylation sites (tertiary alicyclic amines) is 1. The van der Waals surface area contributed by atoms with Gasteiger partial charge < -0.3 is 14.7 Å². The van der Waals surface area contributed by atoms with Crippen molar-refractivity contribution in [3.63, 3.8) is 0 Å². The molecular weight excluding hydrogens is 340 g/mol. The average Bonchev–Trinajstić information content (AvgIpc) is 3.25. The van der Waals surface area contributed by atoms with Gasteiger partial charge >= 0.3 is 6.03 Å². The number of urea groups is 1. The molecule has 1 fully saturated rings. The Balaban J connectivity index is 1.28. The Morgan fingerprint density at radius 3 is 2.96 bits per heavy atom. The Labute approximate surface area is 148 Å². The quantitative estimate of drug-likeness (QED) is 0.773. The van der Waals surface area contributed by atoms with E-state index in [0.29, 0.717) is 24.8 Å². The van der Waals surface area contributed by atoms with E-state index >= 15 is 0 Å². The number of aromatic nitrogens is 4. The summed E-state index contributed by atoms with van der Waals surface area (Å²) in [5.41, 5.74) is 2.12. The van der Waals surface area contributed by atoms with Crippen LogP contribution in [0.3, 0.4) is 0 Å². The Morgan fingerprint density at radius 1 is 1.44 bits per heavy atom. The molecule has 8 nitrogen and oxygen atoms in total. The first kappa shape index (κ1) is 15.8.